The number of alkyl halides is 3. The molecule has 0 bridgehead atoms. The van der Waals surface area contributed by atoms with Crippen LogP contribution in [-0.2, 0) is 16.0 Å². The SMILES string of the molecule is O=C(O)[C@@H]1Cc2ccccc2N1C(=O)CCC(F)(F)F. The summed E-state index contributed by atoms with van der Waals surface area (Å²) in [7, 11) is 0. The Morgan fingerprint density at radius 1 is 1.30 bits per heavy atom. The molecule has 0 saturated heterocycles. The molecule has 1 heterocycles. The minimum absolute atomic E-state index is 0.114. The van der Waals surface area contributed by atoms with E-state index < -0.39 is 36.9 Å². The molecule has 1 amide bonds. The number of carboxylic acid groups (broad SMARTS) is 1. The van der Waals surface area contributed by atoms with Crippen LogP contribution < -0.4 is 4.90 Å². The first kappa shape index (κ1) is 14.4. The summed E-state index contributed by atoms with van der Waals surface area (Å²) in [6.07, 6.45) is -6.32. The molecular weight excluding hydrogens is 275 g/mol. The largest absolute Gasteiger partial charge is 0.480 e. The summed E-state index contributed by atoms with van der Waals surface area (Å²) in [6, 6.07) is 5.40. The Morgan fingerprint density at radius 2 is 1.95 bits per heavy atom. The fraction of sp³-hybridized carbons (Fsp3) is 0.385. The van der Waals surface area contributed by atoms with E-state index in [1.165, 1.54) is 0 Å². The number of aliphatic carboxylic acids is 1. The molecule has 0 spiro atoms. The van der Waals surface area contributed by atoms with Crippen molar-refractivity contribution in [2.75, 3.05) is 4.90 Å². The van der Waals surface area contributed by atoms with Crippen LogP contribution in [0.2, 0.25) is 0 Å². The van der Waals surface area contributed by atoms with Gasteiger partial charge in [-0.2, -0.15) is 13.2 Å². The van der Waals surface area contributed by atoms with Crippen molar-refractivity contribution in [3.63, 3.8) is 0 Å². The molecule has 20 heavy (non-hydrogen) atoms. The Bertz CT molecular complexity index is 542. The number of rotatable bonds is 3. The number of carbonyl (C=O) groups is 2. The summed E-state index contributed by atoms with van der Waals surface area (Å²) in [5.74, 6) is -2.04. The zero-order valence-corrected chi connectivity index (χ0v) is 10.4. The highest BCUT2D eigenvalue weighted by Crippen LogP contribution is 2.33. The Morgan fingerprint density at radius 3 is 2.55 bits per heavy atom. The molecule has 0 aromatic heterocycles. The molecule has 1 aliphatic rings. The third-order valence-corrected chi connectivity index (χ3v) is 3.15. The predicted octanol–water partition coefficient (Wildman–Crippen LogP) is 2.37. The van der Waals surface area contributed by atoms with Crippen molar-refractivity contribution >= 4 is 17.6 Å². The van der Waals surface area contributed by atoms with Crippen molar-refractivity contribution in [3.05, 3.63) is 29.8 Å². The van der Waals surface area contributed by atoms with Crippen molar-refractivity contribution in [1.29, 1.82) is 0 Å². The lowest BCUT2D eigenvalue weighted by molar-refractivity contribution is -0.144. The summed E-state index contributed by atoms with van der Waals surface area (Å²) in [6.45, 7) is 0. The first-order valence-corrected chi connectivity index (χ1v) is 5.99. The summed E-state index contributed by atoms with van der Waals surface area (Å²) in [5, 5.41) is 9.12. The van der Waals surface area contributed by atoms with Crippen LogP contribution in [-0.4, -0.2) is 29.2 Å². The zero-order chi connectivity index (χ0) is 14.9. The number of carbonyl (C=O) groups excluding carboxylic acids is 1. The van der Waals surface area contributed by atoms with E-state index in [-0.39, 0.29) is 6.42 Å². The summed E-state index contributed by atoms with van der Waals surface area (Å²) < 4.78 is 36.5. The van der Waals surface area contributed by atoms with Crippen LogP contribution in [0.5, 0.6) is 0 Å². The molecule has 0 aliphatic carbocycles. The average Bonchev–Trinajstić information content (AvgIpc) is 2.74. The van der Waals surface area contributed by atoms with Crippen molar-refractivity contribution in [2.24, 2.45) is 0 Å². The number of hydrogen-bond donors (Lipinski definition) is 1. The summed E-state index contributed by atoms with van der Waals surface area (Å²) in [5.41, 5.74) is 1.03. The van der Waals surface area contributed by atoms with Crippen LogP contribution in [0, 0.1) is 0 Å². The molecular formula is C13H12F3NO3. The Hall–Kier alpha value is -2.05. The van der Waals surface area contributed by atoms with E-state index in [4.69, 9.17) is 5.11 Å². The maximum absolute atomic E-state index is 12.2. The van der Waals surface area contributed by atoms with Crippen LogP contribution in [0.1, 0.15) is 18.4 Å². The zero-order valence-electron chi connectivity index (χ0n) is 10.4. The van der Waals surface area contributed by atoms with Gasteiger partial charge in [0.15, 0.2) is 0 Å². The van der Waals surface area contributed by atoms with E-state index in [1.807, 2.05) is 0 Å². The topological polar surface area (TPSA) is 57.6 Å². The van der Waals surface area contributed by atoms with Gasteiger partial charge >= 0.3 is 12.1 Å². The Kier molecular flexibility index (Phi) is 3.69. The van der Waals surface area contributed by atoms with Gasteiger partial charge in [0.1, 0.15) is 6.04 Å². The van der Waals surface area contributed by atoms with E-state index in [9.17, 15) is 22.8 Å². The van der Waals surface area contributed by atoms with E-state index in [1.54, 1.807) is 24.3 Å². The maximum atomic E-state index is 12.2. The minimum Gasteiger partial charge on any atom is -0.480 e. The van der Waals surface area contributed by atoms with Crippen LogP contribution in [0.25, 0.3) is 0 Å². The van der Waals surface area contributed by atoms with Gasteiger partial charge in [-0.15, -0.1) is 0 Å². The van der Waals surface area contributed by atoms with Gasteiger partial charge in [0, 0.05) is 18.5 Å². The maximum Gasteiger partial charge on any atom is 0.389 e. The highest BCUT2D eigenvalue weighted by atomic mass is 19.4. The molecule has 0 unspecified atom stereocenters. The second-order valence-corrected chi connectivity index (χ2v) is 4.57. The highest BCUT2D eigenvalue weighted by molar-refractivity contribution is 6.01. The molecule has 1 aromatic carbocycles. The van der Waals surface area contributed by atoms with Crippen LogP contribution in [0.3, 0.4) is 0 Å². The van der Waals surface area contributed by atoms with E-state index in [2.05, 4.69) is 0 Å². The number of para-hydroxylation sites is 1. The van der Waals surface area contributed by atoms with Crippen molar-refractivity contribution in [2.45, 2.75) is 31.5 Å². The summed E-state index contributed by atoms with van der Waals surface area (Å²) in [4.78, 5) is 24.1. The quantitative estimate of drug-likeness (QED) is 0.928. The number of benzene rings is 1. The van der Waals surface area contributed by atoms with E-state index >= 15 is 0 Å². The number of carboxylic acids is 1. The lowest BCUT2D eigenvalue weighted by Gasteiger charge is -2.22. The number of halogens is 3. The van der Waals surface area contributed by atoms with Gasteiger partial charge in [-0.25, -0.2) is 4.79 Å². The van der Waals surface area contributed by atoms with Crippen molar-refractivity contribution < 1.29 is 27.9 Å². The fourth-order valence-corrected chi connectivity index (χ4v) is 2.26. The van der Waals surface area contributed by atoms with Crippen LogP contribution >= 0.6 is 0 Å². The molecule has 1 aliphatic heterocycles. The van der Waals surface area contributed by atoms with E-state index in [0.717, 1.165) is 4.90 Å². The molecule has 1 aromatic rings. The number of anilines is 1. The minimum atomic E-state index is -4.44. The van der Waals surface area contributed by atoms with Gasteiger partial charge in [0.05, 0.1) is 6.42 Å². The van der Waals surface area contributed by atoms with Gasteiger partial charge in [0.2, 0.25) is 5.91 Å². The van der Waals surface area contributed by atoms with E-state index in [0.29, 0.717) is 11.3 Å². The van der Waals surface area contributed by atoms with Gasteiger partial charge in [-0.05, 0) is 11.6 Å². The van der Waals surface area contributed by atoms with Gasteiger partial charge in [-0.1, -0.05) is 18.2 Å². The highest BCUT2D eigenvalue weighted by Gasteiger charge is 2.39. The van der Waals surface area contributed by atoms with Gasteiger partial charge < -0.3 is 5.11 Å². The molecule has 0 fully saturated rings. The Labute approximate surface area is 112 Å². The first-order valence-electron chi connectivity index (χ1n) is 5.99. The van der Waals surface area contributed by atoms with Crippen LogP contribution in [0.15, 0.2) is 24.3 Å². The van der Waals surface area contributed by atoms with Crippen molar-refractivity contribution in [1.82, 2.24) is 0 Å². The Balaban J connectivity index is 2.22. The van der Waals surface area contributed by atoms with Gasteiger partial charge in [0.25, 0.3) is 0 Å². The molecule has 2 rings (SSSR count). The molecule has 7 heteroatoms. The molecule has 0 radical (unpaired) electrons. The predicted molar refractivity (Wildman–Crippen MR) is 64.3 cm³/mol. The second-order valence-electron chi connectivity index (χ2n) is 4.57. The second kappa shape index (κ2) is 5.15. The number of amides is 1. The number of hydrogen-bond acceptors (Lipinski definition) is 2. The number of fused-ring (bicyclic) bond motifs is 1. The average molecular weight is 287 g/mol. The smallest absolute Gasteiger partial charge is 0.389 e. The third-order valence-electron chi connectivity index (χ3n) is 3.15. The molecule has 1 atom stereocenters. The monoisotopic (exact) mass is 287 g/mol. The standard InChI is InChI=1S/C13H12F3NO3/c14-13(15,16)6-5-11(18)17-9-4-2-1-3-8(9)7-10(17)12(19)20/h1-4,10H,5-7H2,(H,19,20)/t10-/m0/s1. The normalized spacial score (nSPS) is 17.9. The molecule has 108 valence electrons. The lowest BCUT2D eigenvalue weighted by Crippen LogP contribution is -2.43. The van der Waals surface area contributed by atoms with Crippen molar-refractivity contribution in [3.8, 4) is 0 Å². The molecule has 0 saturated carbocycles. The van der Waals surface area contributed by atoms with Crippen LogP contribution in [0.4, 0.5) is 18.9 Å². The number of nitrogens with zero attached hydrogens (tertiary/aromatic N) is 1. The first-order chi connectivity index (χ1) is 9.29. The molecule has 4 nitrogen and oxygen atoms in total. The van der Waals surface area contributed by atoms with Gasteiger partial charge in [-0.3, -0.25) is 9.69 Å². The fourth-order valence-electron chi connectivity index (χ4n) is 2.26. The lowest BCUT2D eigenvalue weighted by atomic mass is 10.1. The summed E-state index contributed by atoms with van der Waals surface area (Å²) >= 11 is 0. The third kappa shape index (κ3) is 2.92. The molecule has 1 N–H and O–H groups in total.